The van der Waals surface area contributed by atoms with Gasteiger partial charge in [0.1, 0.15) is 11.6 Å². The van der Waals surface area contributed by atoms with E-state index in [1.807, 2.05) is 14.1 Å². The van der Waals surface area contributed by atoms with Gasteiger partial charge in [-0.05, 0) is 58.1 Å². The lowest BCUT2D eigenvalue weighted by molar-refractivity contribution is 0.102. The van der Waals surface area contributed by atoms with Crippen LogP contribution in [0.2, 0.25) is 0 Å². The molecule has 1 saturated carbocycles. The topological polar surface area (TPSA) is 15.3 Å². The smallest absolute Gasteiger partial charge is 0.128 e. The van der Waals surface area contributed by atoms with E-state index in [0.29, 0.717) is 5.56 Å². The Morgan fingerprint density at radius 1 is 1.24 bits per heavy atom. The first-order chi connectivity index (χ1) is 10.0. The second-order valence-corrected chi connectivity index (χ2v) is 6.26. The highest BCUT2D eigenvalue weighted by Crippen LogP contribution is 2.44. The van der Waals surface area contributed by atoms with Gasteiger partial charge in [0.15, 0.2) is 0 Å². The maximum atomic E-state index is 14.3. The van der Waals surface area contributed by atoms with E-state index in [9.17, 15) is 8.78 Å². The Hall–Kier alpha value is -1.00. The molecule has 0 amide bonds. The molecule has 0 aliphatic heterocycles. The number of hydrogen-bond acceptors (Lipinski definition) is 2. The minimum absolute atomic E-state index is 0.135. The summed E-state index contributed by atoms with van der Waals surface area (Å²) in [5.74, 6) is -0.695. The van der Waals surface area contributed by atoms with Gasteiger partial charge in [0, 0.05) is 11.1 Å². The van der Waals surface area contributed by atoms with Crippen LogP contribution < -0.4 is 5.32 Å². The molecule has 0 spiro atoms. The SMILES string of the molecule is CCCNC(c1cc(F)ccc1F)C1(N(C)C)CCCC1. The molecular formula is C17H26F2N2. The molecule has 4 heteroatoms. The molecule has 21 heavy (non-hydrogen) atoms. The lowest BCUT2D eigenvalue weighted by Crippen LogP contribution is -2.52. The van der Waals surface area contributed by atoms with Crippen LogP contribution in [0.5, 0.6) is 0 Å². The molecule has 2 nitrogen and oxygen atoms in total. The number of rotatable bonds is 6. The summed E-state index contributed by atoms with van der Waals surface area (Å²) in [6, 6.07) is 3.60. The predicted octanol–water partition coefficient (Wildman–Crippen LogP) is 3.88. The summed E-state index contributed by atoms with van der Waals surface area (Å²) >= 11 is 0. The van der Waals surface area contributed by atoms with Crippen molar-refractivity contribution in [2.24, 2.45) is 0 Å². The standard InChI is InChI=1S/C17H26F2N2/c1-4-11-20-16(14-12-13(18)7-8-15(14)19)17(21(2)3)9-5-6-10-17/h7-8,12,16,20H,4-6,9-11H2,1-3H3. The summed E-state index contributed by atoms with van der Waals surface area (Å²) in [5, 5.41) is 3.47. The fourth-order valence-electron chi connectivity index (χ4n) is 3.60. The lowest BCUT2D eigenvalue weighted by Gasteiger charge is -2.44. The van der Waals surface area contributed by atoms with Gasteiger partial charge in [0.05, 0.1) is 6.04 Å². The molecule has 0 bridgehead atoms. The summed E-state index contributed by atoms with van der Waals surface area (Å²) in [5.41, 5.74) is 0.322. The Labute approximate surface area is 126 Å². The highest BCUT2D eigenvalue weighted by atomic mass is 19.1. The summed E-state index contributed by atoms with van der Waals surface area (Å²) in [6.45, 7) is 2.89. The number of nitrogens with one attached hydrogen (secondary N) is 1. The van der Waals surface area contributed by atoms with E-state index in [4.69, 9.17) is 0 Å². The van der Waals surface area contributed by atoms with Gasteiger partial charge in [0.25, 0.3) is 0 Å². The van der Waals surface area contributed by atoms with E-state index < -0.39 is 0 Å². The molecule has 1 aliphatic carbocycles. The average molecular weight is 296 g/mol. The van der Waals surface area contributed by atoms with Crippen molar-refractivity contribution in [2.75, 3.05) is 20.6 Å². The van der Waals surface area contributed by atoms with Gasteiger partial charge in [0.2, 0.25) is 0 Å². The maximum absolute atomic E-state index is 14.3. The molecule has 0 aromatic heterocycles. The van der Waals surface area contributed by atoms with Crippen molar-refractivity contribution in [3.8, 4) is 0 Å². The molecule has 2 rings (SSSR count). The summed E-state index contributed by atoms with van der Waals surface area (Å²) in [6.07, 6.45) is 5.27. The Morgan fingerprint density at radius 3 is 2.48 bits per heavy atom. The number of benzene rings is 1. The zero-order valence-electron chi connectivity index (χ0n) is 13.3. The summed E-state index contributed by atoms with van der Waals surface area (Å²) in [4.78, 5) is 2.19. The molecule has 1 unspecified atom stereocenters. The molecule has 1 aromatic carbocycles. The van der Waals surface area contributed by atoms with Crippen LogP contribution in [0.1, 0.15) is 50.6 Å². The molecule has 118 valence electrons. The van der Waals surface area contributed by atoms with Crippen LogP contribution in [-0.4, -0.2) is 31.1 Å². The van der Waals surface area contributed by atoms with Gasteiger partial charge in [-0.3, -0.25) is 0 Å². The highest BCUT2D eigenvalue weighted by Gasteiger charge is 2.44. The van der Waals surface area contributed by atoms with Crippen molar-refractivity contribution in [3.63, 3.8) is 0 Å². The predicted molar refractivity (Wildman–Crippen MR) is 82.3 cm³/mol. The van der Waals surface area contributed by atoms with Crippen molar-refractivity contribution in [1.29, 1.82) is 0 Å². The van der Waals surface area contributed by atoms with Crippen molar-refractivity contribution in [1.82, 2.24) is 10.2 Å². The van der Waals surface area contributed by atoms with Crippen molar-refractivity contribution < 1.29 is 8.78 Å². The van der Waals surface area contributed by atoms with Crippen LogP contribution in [-0.2, 0) is 0 Å². The van der Waals surface area contributed by atoms with Crippen molar-refractivity contribution in [3.05, 3.63) is 35.4 Å². The summed E-state index contributed by atoms with van der Waals surface area (Å²) < 4.78 is 27.9. The third kappa shape index (κ3) is 3.27. The number of hydrogen-bond donors (Lipinski definition) is 1. The van der Waals surface area contributed by atoms with E-state index in [-0.39, 0.29) is 23.2 Å². The largest absolute Gasteiger partial charge is 0.308 e. The zero-order valence-corrected chi connectivity index (χ0v) is 13.3. The van der Waals surface area contributed by atoms with Crippen LogP contribution in [0.3, 0.4) is 0 Å². The highest BCUT2D eigenvalue weighted by molar-refractivity contribution is 5.27. The van der Waals surface area contributed by atoms with Gasteiger partial charge in [-0.2, -0.15) is 0 Å². The fourth-order valence-corrected chi connectivity index (χ4v) is 3.60. The summed E-state index contributed by atoms with van der Waals surface area (Å²) in [7, 11) is 4.09. The van der Waals surface area contributed by atoms with E-state index in [1.165, 1.54) is 18.2 Å². The van der Waals surface area contributed by atoms with Crippen LogP contribution in [0.15, 0.2) is 18.2 Å². The first kappa shape index (κ1) is 16.4. The molecule has 0 heterocycles. The van der Waals surface area contributed by atoms with Gasteiger partial charge in [-0.1, -0.05) is 19.8 Å². The van der Waals surface area contributed by atoms with E-state index in [2.05, 4.69) is 17.1 Å². The van der Waals surface area contributed by atoms with Gasteiger partial charge in [-0.15, -0.1) is 0 Å². The second-order valence-electron chi connectivity index (χ2n) is 6.26. The third-order valence-electron chi connectivity index (χ3n) is 4.76. The lowest BCUT2D eigenvalue weighted by atomic mass is 9.82. The van der Waals surface area contributed by atoms with E-state index in [0.717, 1.165) is 38.6 Å². The normalized spacial score (nSPS) is 19.1. The quantitative estimate of drug-likeness (QED) is 0.857. The monoisotopic (exact) mass is 296 g/mol. The van der Waals surface area contributed by atoms with E-state index in [1.54, 1.807) is 0 Å². The van der Waals surface area contributed by atoms with Crippen LogP contribution >= 0.6 is 0 Å². The first-order valence-corrected chi connectivity index (χ1v) is 7.87. The first-order valence-electron chi connectivity index (χ1n) is 7.87. The van der Waals surface area contributed by atoms with E-state index >= 15 is 0 Å². The Bertz CT molecular complexity index is 468. The molecule has 0 radical (unpaired) electrons. The molecule has 1 atom stereocenters. The fraction of sp³-hybridized carbons (Fsp3) is 0.647. The molecule has 1 N–H and O–H groups in total. The van der Waals surface area contributed by atoms with Gasteiger partial charge in [-0.25, -0.2) is 8.78 Å². The Balaban J connectivity index is 2.44. The van der Waals surface area contributed by atoms with Crippen LogP contribution in [0.25, 0.3) is 0 Å². The molecule has 0 saturated heterocycles. The third-order valence-corrected chi connectivity index (χ3v) is 4.76. The maximum Gasteiger partial charge on any atom is 0.128 e. The minimum Gasteiger partial charge on any atom is -0.308 e. The Kier molecular flexibility index (Phi) is 5.33. The Morgan fingerprint density at radius 2 is 1.90 bits per heavy atom. The minimum atomic E-state index is -0.374. The molecule has 1 aliphatic rings. The molecule has 1 fully saturated rings. The van der Waals surface area contributed by atoms with Crippen LogP contribution in [0.4, 0.5) is 8.78 Å². The van der Waals surface area contributed by atoms with Crippen molar-refractivity contribution in [2.45, 2.75) is 50.6 Å². The van der Waals surface area contributed by atoms with Crippen molar-refractivity contribution >= 4 is 0 Å². The number of likely N-dealkylation sites (N-methyl/N-ethyl adjacent to an activating group) is 1. The van der Waals surface area contributed by atoms with Gasteiger partial charge >= 0.3 is 0 Å². The second kappa shape index (κ2) is 6.84. The van der Waals surface area contributed by atoms with Crippen LogP contribution in [0, 0.1) is 11.6 Å². The van der Waals surface area contributed by atoms with Gasteiger partial charge < -0.3 is 10.2 Å². The number of nitrogens with zero attached hydrogens (tertiary/aromatic N) is 1. The average Bonchev–Trinajstić information content (AvgIpc) is 2.93. The number of halogens is 2. The molecular weight excluding hydrogens is 270 g/mol. The molecule has 1 aromatic rings. The zero-order chi connectivity index (χ0) is 15.5.